The Kier molecular flexibility index (Phi) is 10.4. The van der Waals surface area contributed by atoms with Crippen LogP contribution >= 0.6 is 0 Å². The van der Waals surface area contributed by atoms with Gasteiger partial charge in [-0.2, -0.15) is 0 Å². The number of benzene rings is 2. The van der Waals surface area contributed by atoms with Gasteiger partial charge < -0.3 is 16.0 Å². The summed E-state index contributed by atoms with van der Waals surface area (Å²) in [7, 11) is 0. The number of hydrogen-bond donors (Lipinski definition) is 3. The van der Waals surface area contributed by atoms with Crippen molar-refractivity contribution in [2.75, 3.05) is 0 Å². The van der Waals surface area contributed by atoms with Gasteiger partial charge >= 0.3 is 0 Å². The molecule has 2 unspecified atom stereocenters. The van der Waals surface area contributed by atoms with Crippen LogP contribution in [0.4, 0.5) is 0 Å². The summed E-state index contributed by atoms with van der Waals surface area (Å²) in [6.45, 7) is 6.10. The van der Waals surface area contributed by atoms with Crippen LogP contribution in [0.1, 0.15) is 56.4 Å². The Morgan fingerprint density at radius 3 is 1.81 bits per heavy atom. The molecular weight excluding hydrogens is 464 g/mol. The van der Waals surface area contributed by atoms with Crippen molar-refractivity contribution < 1.29 is 14.4 Å². The molecule has 0 aliphatic carbocycles. The van der Waals surface area contributed by atoms with Crippen LogP contribution in [0.5, 0.6) is 0 Å². The summed E-state index contributed by atoms with van der Waals surface area (Å²) in [5.74, 6) is -1.33. The smallest absolute Gasteiger partial charge is 0.243 e. The topological polar surface area (TPSA) is 100 Å². The second-order valence-electron chi connectivity index (χ2n) is 9.45. The van der Waals surface area contributed by atoms with Gasteiger partial charge in [-0.15, -0.1) is 0 Å². The molecule has 0 spiro atoms. The van der Waals surface area contributed by atoms with Crippen molar-refractivity contribution in [3.8, 4) is 0 Å². The lowest BCUT2D eigenvalue weighted by atomic mass is 9.90. The van der Waals surface area contributed by atoms with Crippen molar-refractivity contribution in [2.45, 2.75) is 58.2 Å². The maximum atomic E-state index is 13.6. The third kappa shape index (κ3) is 8.27. The van der Waals surface area contributed by atoms with Gasteiger partial charge in [0.25, 0.3) is 0 Å². The maximum absolute atomic E-state index is 13.6. The molecule has 0 aliphatic rings. The third-order valence-corrected chi connectivity index (χ3v) is 6.08. The van der Waals surface area contributed by atoms with Gasteiger partial charge in [-0.1, -0.05) is 87.5 Å². The minimum Gasteiger partial charge on any atom is -0.349 e. The first-order valence-electron chi connectivity index (χ1n) is 12.8. The van der Waals surface area contributed by atoms with Gasteiger partial charge in [0.1, 0.15) is 12.1 Å². The zero-order chi connectivity index (χ0) is 26.6. The average Bonchev–Trinajstić information content (AvgIpc) is 2.91. The first-order chi connectivity index (χ1) is 17.9. The van der Waals surface area contributed by atoms with Gasteiger partial charge in [-0.25, -0.2) is 0 Å². The number of carbonyl (C=O) groups is 3. The molecule has 7 nitrogen and oxygen atoms in total. The second-order valence-corrected chi connectivity index (χ2v) is 9.45. The highest BCUT2D eigenvalue weighted by Gasteiger charge is 2.30. The standard InChI is InChI=1S/C30H36N4O3/c1-4-25(28(35)32-20-24-17-11-12-18-31-24)33-29(36)26(19-21(2)3)34-30(37)27(22-13-7-5-8-14-22)23-15-9-6-10-16-23/h5-18,21,25-27H,4,19-20H2,1-3H3,(H,32,35)(H,33,36)(H,34,37). The van der Waals surface area contributed by atoms with Crippen LogP contribution < -0.4 is 16.0 Å². The van der Waals surface area contributed by atoms with E-state index >= 15 is 0 Å². The van der Waals surface area contributed by atoms with Crippen LogP contribution in [-0.4, -0.2) is 34.8 Å². The quantitative estimate of drug-likeness (QED) is 0.351. The molecule has 0 saturated heterocycles. The molecule has 3 amide bonds. The van der Waals surface area contributed by atoms with E-state index in [1.807, 2.05) is 99.6 Å². The number of pyridine rings is 1. The lowest BCUT2D eigenvalue weighted by Crippen LogP contribution is -2.54. The summed E-state index contributed by atoms with van der Waals surface area (Å²) in [4.78, 5) is 43.9. The van der Waals surface area contributed by atoms with Gasteiger partial charge in [0.05, 0.1) is 18.2 Å². The number of nitrogens with one attached hydrogen (secondary N) is 3. The molecule has 1 aromatic heterocycles. The van der Waals surface area contributed by atoms with E-state index in [1.165, 1.54) is 0 Å². The SMILES string of the molecule is CCC(NC(=O)C(CC(C)C)NC(=O)C(c1ccccc1)c1ccccc1)C(=O)NCc1ccccn1. The molecule has 0 fully saturated rings. The van der Waals surface area contributed by atoms with Crippen LogP contribution in [-0.2, 0) is 20.9 Å². The summed E-state index contributed by atoms with van der Waals surface area (Å²) in [5.41, 5.74) is 2.42. The van der Waals surface area contributed by atoms with E-state index in [9.17, 15) is 14.4 Å². The number of hydrogen-bond acceptors (Lipinski definition) is 4. The fraction of sp³-hybridized carbons (Fsp3) is 0.333. The summed E-state index contributed by atoms with van der Waals surface area (Å²) in [5, 5.41) is 8.66. The number of carbonyl (C=O) groups excluding carboxylic acids is 3. The lowest BCUT2D eigenvalue weighted by Gasteiger charge is -2.26. The van der Waals surface area contributed by atoms with Crippen molar-refractivity contribution in [1.29, 1.82) is 0 Å². The van der Waals surface area contributed by atoms with Crippen LogP contribution in [0.15, 0.2) is 85.1 Å². The first kappa shape index (κ1) is 27.6. The van der Waals surface area contributed by atoms with Gasteiger partial charge in [0.15, 0.2) is 0 Å². The zero-order valence-corrected chi connectivity index (χ0v) is 21.7. The Hall–Kier alpha value is -4.00. The molecule has 3 aromatic rings. The molecule has 0 aliphatic heterocycles. The monoisotopic (exact) mass is 500 g/mol. The molecule has 0 bridgehead atoms. The number of rotatable bonds is 12. The lowest BCUT2D eigenvalue weighted by molar-refractivity contribution is -0.132. The predicted molar refractivity (Wildman–Crippen MR) is 144 cm³/mol. The van der Waals surface area contributed by atoms with E-state index in [4.69, 9.17) is 0 Å². The summed E-state index contributed by atoms with van der Waals surface area (Å²) < 4.78 is 0. The average molecular weight is 501 g/mol. The largest absolute Gasteiger partial charge is 0.349 e. The van der Waals surface area contributed by atoms with Gasteiger partial charge in [0, 0.05) is 6.20 Å². The second kappa shape index (κ2) is 13.9. The summed E-state index contributed by atoms with van der Waals surface area (Å²) in [6, 6.07) is 23.0. The van der Waals surface area contributed by atoms with Crippen LogP contribution in [0, 0.1) is 5.92 Å². The maximum Gasteiger partial charge on any atom is 0.243 e. The highest BCUT2D eigenvalue weighted by atomic mass is 16.2. The van der Waals surface area contributed by atoms with Gasteiger partial charge in [0.2, 0.25) is 17.7 Å². The molecule has 7 heteroatoms. The normalized spacial score (nSPS) is 12.6. The Labute approximate surface area is 219 Å². The Morgan fingerprint density at radius 1 is 0.730 bits per heavy atom. The predicted octanol–water partition coefficient (Wildman–Crippen LogP) is 3.96. The molecule has 0 radical (unpaired) electrons. The van der Waals surface area contributed by atoms with Gasteiger partial charge in [-0.05, 0) is 42.0 Å². The van der Waals surface area contributed by atoms with Crippen LogP contribution in [0.25, 0.3) is 0 Å². The molecule has 2 aromatic carbocycles. The Morgan fingerprint density at radius 2 is 1.30 bits per heavy atom. The molecule has 37 heavy (non-hydrogen) atoms. The summed E-state index contributed by atoms with van der Waals surface area (Å²) in [6.07, 6.45) is 2.52. The molecular formula is C30H36N4O3. The van der Waals surface area contributed by atoms with Crippen molar-refractivity contribution >= 4 is 17.7 Å². The minimum atomic E-state index is -0.778. The van der Waals surface area contributed by atoms with Gasteiger partial charge in [-0.3, -0.25) is 19.4 Å². The number of nitrogens with zero attached hydrogens (tertiary/aromatic N) is 1. The highest BCUT2D eigenvalue weighted by molar-refractivity contribution is 5.94. The van der Waals surface area contributed by atoms with E-state index in [2.05, 4.69) is 20.9 Å². The molecule has 0 saturated carbocycles. The highest BCUT2D eigenvalue weighted by Crippen LogP contribution is 2.25. The van der Waals surface area contributed by atoms with Crippen LogP contribution in [0.2, 0.25) is 0 Å². The van der Waals surface area contributed by atoms with E-state index in [0.29, 0.717) is 12.8 Å². The van der Waals surface area contributed by atoms with E-state index in [0.717, 1.165) is 16.8 Å². The minimum absolute atomic E-state index is 0.154. The molecule has 2 atom stereocenters. The van der Waals surface area contributed by atoms with Crippen molar-refractivity contribution in [1.82, 2.24) is 20.9 Å². The molecule has 3 N–H and O–H groups in total. The van der Waals surface area contributed by atoms with Crippen LogP contribution in [0.3, 0.4) is 0 Å². The molecule has 194 valence electrons. The Bertz CT molecular complexity index is 1100. The Balaban J connectivity index is 1.73. The molecule has 1 heterocycles. The number of aromatic nitrogens is 1. The van der Waals surface area contributed by atoms with E-state index in [-0.39, 0.29) is 30.2 Å². The third-order valence-electron chi connectivity index (χ3n) is 6.08. The van der Waals surface area contributed by atoms with Crippen molar-refractivity contribution in [2.24, 2.45) is 5.92 Å². The van der Waals surface area contributed by atoms with E-state index < -0.39 is 18.0 Å². The molecule has 3 rings (SSSR count). The van der Waals surface area contributed by atoms with E-state index in [1.54, 1.807) is 6.20 Å². The fourth-order valence-corrected chi connectivity index (χ4v) is 4.17. The first-order valence-corrected chi connectivity index (χ1v) is 12.8. The number of amides is 3. The van der Waals surface area contributed by atoms with Crippen molar-refractivity contribution in [3.63, 3.8) is 0 Å². The summed E-state index contributed by atoms with van der Waals surface area (Å²) >= 11 is 0. The fourth-order valence-electron chi connectivity index (χ4n) is 4.17. The van der Waals surface area contributed by atoms with Crippen molar-refractivity contribution in [3.05, 3.63) is 102 Å². The zero-order valence-electron chi connectivity index (χ0n) is 21.7.